The lowest BCUT2D eigenvalue weighted by molar-refractivity contribution is -1.12. The molecular weight excluding hydrogens is 370 g/mol. The second-order valence-electron chi connectivity index (χ2n) is 8.42. The van der Waals surface area contributed by atoms with Crippen molar-refractivity contribution in [2.75, 3.05) is 13.2 Å². The fourth-order valence-electron chi connectivity index (χ4n) is 4.04. The van der Waals surface area contributed by atoms with Crippen LogP contribution in [0.5, 0.6) is 5.75 Å². The lowest BCUT2D eigenvalue weighted by Crippen LogP contribution is -2.57. The molecule has 0 N–H and O–H groups in total. The van der Waals surface area contributed by atoms with Crippen molar-refractivity contribution in [2.24, 2.45) is 0 Å². The van der Waals surface area contributed by atoms with E-state index < -0.39 is 0 Å². The number of hydroxylamine groups is 3. The van der Waals surface area contributed by atoms with Gasteiger partial charge in [0.05, 0.1) is 6.61 Å². The van der Waals surface area contributed by atoms with Crippen LogP contribution in [0.15, 0.2) is 48.5 Å². The van der Waals surface area contributed by atoms with E-state index in [0.29, 0.717) is 11.3 Å². The lowest BCUT2D eigenvalue weighted by atomic mass is 10.0. The summed E-state index contributed by atoms with van der Waals surface area (Å²) in [7, 11) is 0. The first-order valence-electron chi connectivity index (χ1n) is 11.8. The minimum absolute atomic E-state index is 0.0502. The van der Waals surface area contributed by atoms with Gasteiger partial charge in [0, 0.05) is 18.9 Å². The van der Waals surface area contributed by atoms with Crippen molar-refractivity contribution in [2.45, 2.75) is 85.9 Å². The highest BCUT2D eigenvalue weighted by Gasteiger charge is 2.39. The largest absolute Gasteiger partial charge is 0.327 e. The van der Waals surface area contributed by atoms with Gasteiger partial charge in [-0.3, -0.25) is 0 Å². The van der Waals surface area contributed by atoms with Crippen molar-refractivity contribution in [3.63, 3.8) is 0 Å². The number of hydrogen-bond donors (Lipinski definition) is 0. The third-order valence-corrected chi connectivity index (χ3v) is 6.15. The maximum Gasteiger partial charge on any atom is 0.228 e. The second kappa shape index (κ2) is 12.8. The minimum atomic E-state index is -0.0502. The standard InChI is InChI=1S/C27H42NO2/c1-6-8-9-10-11-15-21-28(25(5)29-7-2,30-27-19-13-12-14-20-27)22-26-18-16-17-23(3)24(26)4/h12-14,16-20,25H,6-11,15,21-22H2,1-5H3/q+1. The Morgan fingerprint density at radius 2 is 1.53 bits per heavy atom. The zero-order valence-electron chi connectivity index (χ0n) is 19.8. The molecule has 166 valence electrons. The number of ether oxygens (including phenoxy) is 1. The highest BCUT2D eigenvalue weighted by atomic mass is 16.7. The van der Waals surface area contributed by atoms with Gasteiger partial charge in [0.1, 0.15) is 13.1 Å². The van der Waals surface area contributed by atoms with Crippen LogP contribution >= 0.6 is 0 Å². The van der Waals surface area contributed by atoms with Crippen molar-refractivity contribution in [1.82, 2.24) is 0 Å². The van der Waals surface area contributed by atoms with Crippen LogP contribution in [0, 0.1) is 13.8 Å². The van der Waals surface area contributed by atoms with Gasteiger partial charge in [0.25, 0.3) is 0 Å². The van der Waals surface area contributed by atoms with E-state index in [-0.39, 0.29) is 6.23 Å². The molecular formula is C27H42NO2+. The van der Waals surface area contributed by atoms with Gasteiger partial charge in [-0.2, -0.15) is 0 Å². The molecule has 0 heterocycles. The van der Waals surface area contributed by atoms with Crippen LogP contribution in [-0.4, -0.2) is 24.0 Å². The molecule has 2 aromatic carbocycles. The highest BCUT2D eigenvalue weighted by Crippen LogP contribution is 2.28. The Balaban J connectivity index is 2.30. The van der Waals surface area contributed by atoms with E-state index in [1.165, 1.54) is 48.8 Å². The van der Waals surface area contributed by atoms with Crippen LogP contribution in [0.25, 0.3) is 0 Å². The number of para-hydroxylation sites is 1. The summed E-state index contributed by atoms with van der Waals surface area (Å²) in [5.41, 5.74) is 4.01. The number of hydrogen-bond acceptors (Lipinski definition) is 2. The van der Waals surface area contributed by atoms with Crippen LogP contribution in [0.3, 0.4) is 0 Å². The predicted molar refractivity (Wildman–Crippen MR) is 126 cm³/mol. The maximum atomic E-state index is 6.76. The fraction of sp³-hybridized carbons (Fsp3) is 0.556. The zero-order valence-corrected chi connectivity index (χ0v) is 19.8. The van der Waals surface area contributed by atoms with Crippen LogP contribution in [0.4, 0.5) is 0 Å². The van der Waals surface area contributed by atoms with Crippen molar-refractivity contribution in [3.05, 3.63) is 65.2 Å². The van der Waals surface area contributed by atoms with E-state index in [1.54, 1.807) is 0 Å². The Labute approximate surface area is 184 Å². The summed E-state index contributed by atoms with van der Waals surface area (Å²) in [4.78, 5) is 6.76. The normalized spacial score (nSPS) is 14.3. The number of rotatable bonds is 14. The molecule has 0 spiro atoms. The van der Waals surface area contributed by atoms with Crippen LogP contribution < -0.4 is 4.84 Å². The van der Waals surface area contributed by atoms with Gasteiger partial charge < -0.3 is 9.57 Å². The first-order chi connectivity index (χ1) is 14.5. The van der Waals surface area contributed by atoms with Crippen molar-refractivity contribution < 1.29 is 14.2 Å². The third-order valence-electron chi connectivity index (χ3n) is 6.15. The molecule has 2 atom stereocenters. The second-order valence-corrected chi connectivity index (χ2v) is 8.42. The molecule has 30 heavy (non-hydrogen) atoms. The molecule has 0 aliphatic rings. The monoisotopic (exact) mass is 412 g/mol. The maximum absolute atomic E-state index is 6.76. The summed E-state index contributed by atoms with van der Waals surface area (Å²) >= 11 is 0. The minimum Gasteiger partial charge on any atom is -0.327 e. The Hall–Kier alpha value is -1.84. The van der Waals surface area contributed by atoms with Gasteiger partial charge in [-0.25, -0.2) is 0 Å². The summed E-state index contributed by atoms with van der Waals surface area (Å²) in [5, 5.41) is 0. The van der Waals surface area contributed by atoms with Crippen molar-refractivity contribution >= 4 is 0 Å². The van der Waals surface area contributed by atoms with Gasteiger partial charge in [-0.1, -0.05) is 69.0 Å². The van der Waals surface area contributed by atoms with E-state index in [1.807, 2.05) is 18.2 Å². The van der Waals surface area contributed by atoms with Crippen molar-refractivity contribution in [1.29, 1.82) is 0 Å². The fourth-order valence-corrected chi connectivity index (χ4v) is 4.04. The summed E-state index contributed by atoms with van der Waals surface area (Å²) in [6.45, 7) is 13.3. The Kier molecular flexibility index (Phi) is 10.4. The number of quaternary nitrogens is 1. The highest BCUT2D eigenvalue weighted by molar-refractivity contribution is 5.32. The third kappa shape index (κ3) is 7.14. The number of unbranched alkanes of at least 4 members (excludes halogenated alkanes) is 5. The van der Waals surface area contributed by atoms with E-state index in [9.17, 15) is 0 Å². The van der Waals surface area contributed by atoms with Crippen LogP contribution in [-0.2, 0) is 11.3 Å². The summed E-state index contributed by atoms with van der Waals surface area (Å²) in [6, 6.07) is 16.8. The van der Waals surface area contributed by atoms with Gasteiger partial charge in [-0.05, 0) is 50.5 Å². The Morgan fingerprint density at radius 1 is 0.833 bits per heavy atom. The SMILES string of the molecule is CCCCCCCC[N+](Cc1cccc(C)c1C)(Oc1ccccc1)C(C)OCC. The van der Waals surface area contributed by atoms with E-state index >= 15 is 0 Å². The molecule has 0 bridgehead atoms. The molecule has 3 heteroatoms. The van der Waals surface area contributed by atoms with Crippen LogP contribution in [0.1, 0.15) is 76.0 Å². The zero-order chi connectivity index (χ0) is 21.8. The molecule has 2 aromatic rings. The molecule has 0 amide bonds. The molecule has 0 aromatic heterocycles. The average Bonchev–Trinajstić information content (AvgIpc) is 2.74. The first kappa shape index (κ1) is 24.4. The van der Waals surface area contributed by atoms with E-state index in [2.05, 4.69) is 65.0 Å². The van der Waals surface area contributed by atoms with Gasteiger partial charge in [0.15, 0.2) is 5.75 Å². The molecule has 0 saturated carbocycles. The molecule has 0 aliphatic heterocycles. The molecule has 0 saturated heterocycles. The molecule has 0 radical (unpaired) electrons. The van der Waals surface area contributed by atoms with Gasteiger partial charge in [-0.15, -0.1) is 4.65 Å². The average molecular weight is 413 g/mol. The number of aryl methyl sites for hydroxylation is 1. The van der Waals surface area contributed by atoms with Crippen molar-refractivity contribution in [3.8, 4) is 5.75 Å². The lowest BCUT2D eigenvalue weighted by Gasteiger charge is -2.40. The van der Waals surface area contributed by atoms with E-state index in [4.69, 9.17) is 9.57 Å². The summed E-state index contributed by atoms with van der Waals surface area (Å²) in [6.07, 6.45) is 7.57. The number of nitrogens with zero attached hydrogens (tertiary/aromatic N) is 1. The Bertz CT molecular complexity index is 731. The summed E-state index contributed by atoms with van der Waals surface area (Å²) < 4.78 is 6.63. The van der Waals surface area contributed by atoms with Crippen LogP contribution in [0.2, 0.25) is 0 Å². The molecule has 0 aliphatic carbocycles. The number of benzene rings is 2. The van der Waals surface area contributed by atoms with Gasteiger partial charge >= 0.3 is 0 Å². The quantitative estimate of drug-likeness (QED) is 0.140. The van der Waals surface area contributed by atoms with E-state index in [0.717, 1.165) is 25.3 Å². The predicted octanol–water partition coefficient (Wildman–Crippen LogP) is 7.36. The molecule has 0 fully saturated rings. The first-order valence-corrected chi connectivity index (χ1v) is 11.8. The smallest absolute Gasteiger partial charge is 0.228 e. The Morgan fingerprint density at radius 3 is 2.23 bits per heavy atom. The molecule has 3 nitrogen and oxygen atoms in total. The summed E-state index contributed by atoms with van der Waals surface area (Å²) in [5.74, 6) is 0.903. The topological polar surface area (TPSA) is 18.5 Å². The van der Waals surface area contributed by atoms with Gasteiger partial charge in [0.2, 0.25) is 6.23 Å². The molecule has 2 rings (SSSR count). The molecule has 2 unspecified atom stereocenters.